The lowest BCUT2D eigenvalue weighted by Gasteiger charge is -2.32. The number of aryl methyl sites for hydroxylation is 1. The number of pyridine rings is 1. The third-order valence-electron chi connectivity index (χ3n) is 3.97. The van der Waals surface area contributed by atoms with Crippen LogP contribution in [-0.4, -0.2) is 39.0 Å². The van der Waals surface area contributed by atoms with Gasteiger partial charge < -0.3 is 4.90 Å². The molecule has 0 radical (unpaired) electrons. The molecule has 0 aliphatic carbocycles. The molecule has 0 spiro atoms. The molecule has 6 heteroatoms. The summed E-state index contributed by atoms with van der Waals surface area (Å²) in [6.07, 6.45) is 7.24. The Kier molecular flexibility index (Phi) is 4.27. The molecule has 0 unspecified atom stereocenters. The van der Waals surface area contributed by atoms with E-state index < -0.39 is 0 Å². The Bertz CT molecular complexity index is 638. The largest absolute Gasteiger partial charge is 0.324 e. The maximum Gasteiger partial charge on any atom is 0.323 e. The molecule has 1 saturated heterocycles. The van der Waals surface area contributed by atoms with E-state index in [0.717, 1.165) is 25.9 Å². The molecule has 0 atom stereocenters. The lowest BCUT2D eigenvalue weighted by atomic mass is 9.90. The number of piperidine rings is 1. The van der Waals surface area contributed by atoms with Crippen molar-refractivity contribution < 1.29 is 4.79 Å². The number of carbonyl (C=O) groups excluding carboxylic acids is 1. The minimum Gasteiger partial charge on any atom is -0.324 e. The first-order valence-electron chi connectivity index (χ1n) is 7.48. The van der Waals surface area contributed by atoms with Gasteiger partial charge in [-0.05, 0) is 49.4 Å². The van der Waals surface area contributed by atoms with Crippen molar-refractivity contribution in [3.8, 4) is 0 Å². The zero-order valence-corrected chi connectivity index (χ0v) is 12.6. The number of rotatable bonds is 2. The van der Waals surface area contributed by atoms with E-state index in [0.29, 0.717) is 17.6 Å². The Morgan fingerprint density at radius 1 is 1.18 bits per heavy atom. The number of anilines is 1. The number of nitrogens with zero attached hydrogens (tertiary/aromatic N) is 4. The predicted molar refractivity (Wildman–Crippen MR) is 83.6 cm³/mol. The maximum absolute atomic E-state index is 12.3. The smallest absolute Gasteiger partial charge is 0.323 e. The minimum absolute atomic E-state index is 0.0914. The second-order valence-electron chi connectivity index (χ2n) is 5.46. The minimum atomic E-state index is -0.0914. The monoisotopic (exact) mass is 297 g/mol. The van der Waals surface area contributed by atoms with Gasteiger partial charge in [-0.1, -0.05) is 0 Å². The van der Waals surface area contributed by atoms with Gasteiger partial charge >= 0.3 is 6.03 Å². The highest BCUT2D eigenvalue weighted by Crippen LogP contribution is 2.27. The van der Waals surface area contributed by atoms with Crippen molar-refractivity contribution in [2.45, 2.75) is 25.7 Å². The number of aromatic nitrogens is 3. The maximum atomic E-state index is 12.3. The van der Waals surface area contributed by atoms with Crippen molar-refractivity contribution in [1.29, 1.82) is 0 Å². The van der Waals surface area contributed by atoms with Crippen LogP contribution in [0, 0.1) is 6.92 Å². The van der Waals surface area contributed by atoms with E-state index in [1.807, 2.05) is 17.3 Å². The number of nitrogens with one attached hydrogen (secondary N) is 1. The average molecular weight is 297 g/mol. The molecular weight excluding hydrogens is 278 g/mol. The highest BCUT2D eigenvalue weighted by Gasteiger charge is 2.23. The molecule has 2 amide bonds. The number of hydrogen-bond donors (Lipinski definition) is 1. The molecule has 22 heavy (non-hydrogen) atoms. The van der Waals surface area contributed by atoms with Crippen molar-refractivity contribution >= 4 is 11.8 Å². The summed E-state index contributed by atoms with van der Waals surface area (Å²) in [5.74, 6) is 1.70. The van der Waals surface area contributed by atoms with Gasteiger partial charge in [-0.3, -0.25) is 10.3 Å². The van der Waals surface area contributed by atoms with E-state index in [1.54, 1.807) is 19.2 Å². The number of hydrogen-bond acceptors (Lipinski definition) is 4. The number of likely N-dealkylation sites (tertiary alicyclic amines) is 1. The van der Waals surface area contributed by atoms with Crippen LogP contribution in [0.15, 0.2) is 36.8 Å². The van der Waals surface area contributed by atoms with Crippen LogP contribution in [0.3, 0.4) is 0 Å². The molecule has 2 aromatic rings. The Morgan fingerprint density at radius 3 is 2.59 bits per heavy atom. The first kappa shape index (κ1) is 14.4. The molecule has 2 aromatic heterocycles. The van der Waals surface area contributed by atoms with Crippen molar-refractivity contribution in [2.24, 2.45) is 0 Å². The predicted octanol–water partition coefficient (Wildman–Crippen LogP) is 2.59. The number of amides is 2. The second kappa shape index (κ2) is 6.51. The second-order valence-corrected chi connectivity index (χ2v) is 5.46. The van der Waals surface area contributed by atoms with Gasteiger partial charge in [-0.15, -0.1) is 0 Å². The highest BCUT2D eigenvalue weighted by atomic mass is 16.2. The topological polar surface area (TPSA) is 71.0 Å². The summed E-state index contributed by atoms with van der Waals surface area (Å²) in [4.78, 5) is 26.4. The third-order valence-corrected chi connectivity index (χ3v) is 3.97. The number of urea groups is 1. The summed E-state index contributed by atoms with van der Waals surface area (Å²) in [7, 11) is 0. The fourth-order valence-corrected chi connectivity index (χ4v) is 2.77. The van der Waals surface area contributed by atoms with Crippen LogP contribution in [-0.2, 0) is 0 Å². The first-order valence-corrected chi connectivity index (χ1v) is 7.48. The molecule has 114 valence electrons. The zero-order valence-electron chi connectivity index (χ0n) is 12.6. The van der Waals surface area contributed by atoms with Gasteiger partial charge in [0, 0.05) is 31.7 Å². The van der Waals surface area contributed by atoms with Crippen LogP contribution >= 0.6 is 0 Å². The van der Waals surface area contributed by atoms with Crippen LogP contribution in [0.1, 0.15) is 30.1 Å². The van der Waals surface area contributed by atoms with Crippen LogP contribution in [0.2, 0.25) is 0 Å². The molecule has 0 aromatic carbocycles. The van der Waals surface area contributed by atoms with Crippen LogP contribution < -0.4 is 5.32 Å². The van der Waals surface area contributed by atoms with Gasteiger partial charge in [0.05, 0.1) is 0 Å². The molecule has 1 N–H and O–H groups in total. The van der Waals surface area contributed by atoms with E-state index in [-0.39, 0.29) is 6.03 Å². The van der Waals surface area contributed by atoms with Crippen molar-refractivity contribution in [1.82, 2.24) is 19.9 Å². The SMILES string of the molecule is Cc1nccc(NC(=O)N2CCC(c3ccncc3)CC2)n1. The third kappa shape index (κ3) is 3.39. The molecule has 3 rings (SSSR count). The van der Waals surface area contributed by atoms with E-state index in [4.69, 9.17) is 0 Å². The van der Waals surface area contributed by atoms with E-state index >= 15 is 0 Å². The summed E-state index contributed by atoms with van der Waals surface area (Å²) in [6.45, 7) is 3.31. The molecule has 0 saturated carbocycles. The molecule has 1 aliphatic rings. The van der Waals surface area contributed by atoms with Gasteiger partial charge in [-0.2, -0.15) is 0 Å². The number of carbonyl (C=O) groups is 1. The van der Waals surface area contributed by atoms with Gasteiger partial charge in [0.25, 0.3) is 0 Å². The quantitative estimate of drug-likeness (QED) is 0.925. The van der Waals surface area contributed by atoms with E-state index in [9.17, 15) is 4.79 Å². The van der Waals surface area contributed by atoms with Gasteiger partial charge in [0.15, 0.2) is 0 Å². The molecule has 3 heterocycles. The fourth-order valence-electron chi connectivity index (χ4n) is 2.77. The van der Waals surface area contributed by atoms with Gasteiger partial charge in [-0.25, -0.2) is 14.8 Å². The van der Waals surface area contributed by atoms with E-state index in [2.05, 4.69) is 32.4 Å². The summed E-state index contributed by atoms with van der Waals surface area (Å²) in [5.41, 5.74) is 1.31. The van der Waals surface area contributed by atoms with E-state index in [1.165, 1.54) is 5.56 Å². The summed E-state index contributed by atoms with van der Waals surface area (Å²) >= 11 is 0. The lowest BCUT2D eigenvalue weighted by Crippen LogP contribution is -2.40. The molecule has 0 bridgehead atoms. The van der Waals surface area contributed by atoms with Gasteiger partial charge in [0.1, 0.15) is 11.6 Å². The fraction of sp³-hybridized carbons (Fsp3) is 0.375. The average Bonchev–Trinajstić information content (AvgIpc) is 2.56. The molecular formula is C16H19N5O. The Hall–Kier alpha value is -2.50. The Balaban J connectivity index is 1.56. The van der Waals surface area contributed by atoms with Crippen LogP contribution in [0.4, 0.5) is 10.6 Å². The summed E-state index contributed by atoms with van der Waals surface area (Å²) in [6, 6.07) is 5.73. The standard InChI is InChI=1S/C16H19N5O/c1-12-18-9-4-15(19-12)20-16(22)21-10-5-14(6-11-21)13-2-7-17-8-3-13/h2-4,7-9,14H,5-6,10-11H2,1H3,(H,18,19,20,22). The van der Waals surface area contributed by atoms with Crippen molar-refractivity contribution in [2.75, 3.05) is 18.4 Å². The van der Waals surface area contributed by atoms with Gasteiger partial charge in [0.2, 0.25) is 0 Å². The van der Waals surface area contributed by atoms with Crippen LogP contribution in [0.25, 0.3) is 0 Å². The molecule has 6 nitrogen and oxygen atoms in total. The Labute approximate surface area is 129 Å². The summed E-state index contributed by atoms with van der Waals surface area (Å²) in [5, 5.41) is 2.83. The molecule has 1 aliphatic heterocycles. The zero-order chi connectivity index (χ0) is 15.4. The lowest BCUT2D eigenvalue weighted by molar-refractivity contribution is 0.194. The molecule has 1 fully saturated rings. The summed E-state index contributed by atoms with van der Waals surface area (Å²) < 4.78 is 0. The van der Waals surface area contributed by atoms with Crippen molar-refractivity contribution in [3.05, 3.63) is 48.2 Å². The highest BCUT2D eigenvalue weighted by molar-refractivity contribution is 5.88. The normalized spacial score (nSPS) is 15.6. The Morgan fingerprint density at radius 2 is 1.91 bits per heavy atom. The van der Waals surface area contributed by atoms with Crippen molar-refractivity contribution in [3.63, 3.8) is 0 Å². The first-order chi connectivity index (χ1) is 10.7. The van der Waals surface area contributed by atoms with Crippen LogP contribution in [0.5, 0.6) is 0 Å².